The van der Waals surface area contributed by atoms with Gasteiger partial charge in [-0.2, -0.15) is 0 Å². The zero-order valence-electron chi connectivity index (χ0n) is 12.3. The Hall–Kier alpha value is -1.06. The van der Waals surface area contributed by atoms with Crippen molar-refractivity contribution in [2.24, 2.45) is 5.92 Å². The molecule has 0 aromatic heterocycles. The fourth-order valence-electron chi connectivity index (χ4n) is 3.63. The van der Waals surface area contributed by atoms with E-state index in [0.717, 1.165) is 37.9 Å². The summed E-state index contributed by atoms with van der Waals surface area (Å²) in [5.74, 6) is 2.47. The molecule has 0 saturated carbocycles. The smallest absolute Gasteiger partial charge is 0.122 e. The quantitative estimate of drug-likeness (QED) is 0.916. The highest BCUT2D eigenvalue weighted by Gasteiger charge is 2.28. The maximum Gasteiger partial charge on any atom is 0.122 e. The Labute approximate surface area is 121 Å². The molecule has 0 amide bonds. The number of ether oxygens (including phenoxy) is 2. The fraction of sp³-hybridized carbons (Fsp3) is 0.647. The molecule has 20 heavy (non-hydrogen) atoms. The lowest BCUT2D eigenvalue weighted by Gasteiger charge is -2.34. The van der Waals surface area contributed by atoms with Crippen LogP contribution in [-0.4, -0.2) is 32.9 Å². The van der Waals surface area contributed by atoms with E-state index >= 15 is 0 Å². The molecule has 2 atom stereocenters. The summed E-state index contributed by atoms with van der Waals surface area (Å²) in [6.45, 7) is 2.70. The van der Waals surface area contributed by atoms with E-state index in [1.165, 1.54) is 24.8 Å². The Morgan fingerprint density at radius 1 is 1.15 bits per heavy atom. The van der Waals surface area contributed by atoms with Gasteiger partial charge in [-0.25, -0.2) is 0 Å². The maximum absolute atomic E-state index is 5.77. The molecule has 2 aliphatic rings. The average Bonchev–Trinajstić information content (AvgIpc) is 2.53. The van der Waals surface area contributed by atoms with E-state index in [1.54, 1.807) is 0 Å². The van der Waals surface area contributed by atoms with Crippen LogP contribution >= 0.6 is 0 Å². The van der Waals surface area contributed by atoms with Crippen molar-refractivity contribution in [3.63, 3.8) is 0 Å². The number of benzene rings is 1. The molecule has 1 fully saturated rings. The molecule has 0 spiro atoms. The summed E-state index contributed by atoms with van der Waals surface area (Å²) < 4.78 is 11.3. The number of hydrogen-bond acceptors (Lipinski definition) is 3. The minimum Gasteiger partial charge on any atom is -0.493 e. The zero-order chi connectivity index (χ0) is 13.8. The Morgan fingerprint density at radius 2 is 1.95 bits per heavy atom. The van der Waals surface area contributed by atoms with Crippen molar-refractivity contribution in [1.82, 2.24) is 5.32 Å². The van der Waals surface area contributed by atoms with Crippen LogP contribution in [0.3, 0.4) is 0 Å². The van der Waals surface area contributed by atoms with Gasteiger partial charge in [0.05, 0.1) is 6.61 Å². The van der Waals surface area contributed by atoms with Gasteiger partial charge >= 0.3 is 0 Å². The Bertz CT molecular complexity index is 429. The monoisotopic (exact) mass is 275 g/mol. The predicted molar refractivity (Wildman–Crippen MR) is 80.3 cm³/mol. The number of fused-ring (bicyclic) bond motifs is 1. The number of hydrogen-bond donors (Lipinski definition) is 1. The van der Waals surface area contributed by atoms with Crippen molar-refractivity contribution in [3.8, 4) is 5.75 Å². The van der Waals surface area contributed by atoms with Crippen LogP contribution in [0.15, 0.2) is 24.3 Å². The van der Waals surface area contributed by atoms with E-state index in [4.69, 9.17) is 9.47 Å². The van der Waals surface area contributed by atoms with Crippen LogP contribution in [0.2, 0.25) is 0 Å². The SMILES string of the molecule is CNC(CC1CCOc2ccccc21)C1CCOCC1. The third-order valence-electron chi connectivity index (χ3n) is 4.83. The molecule has 0 aliphatic carbocycles. The zero-order valence-corrected chi connectivity index (χ0v) is 12.3. The molecular weight excluding hydrogens is 250 g/mol. The average molecular weight is 275 g/mol. The van der Waals surface area contributed by atoms with Crippen molar-refractivity contribution in [3.05, 3.63) is 29.8 Å². The first-order valence-corrected chi connectivity index (χ1v) is 7.85. The molecule has 3 heteroatoms. The minimum atomic E-state index is 0.593. The molecule has 1 aromatic carbocycles. The maximum atomic E-state index is 5.77. The summed E-state index contributed by atoms with van der Waals surface area (Å²) in [6, 6.07) is 9.12. The molecular formula is C17H25NO2. The lowest BCUT2D eigenvalue weighted by atomic mass is 9.81. The Balaban J connectivity index is 1.70. The second kappa shape index (κ2) is 6.59. The third-order valence-corrected chi connectivity index (χ3v) is 4.83. The summed E-state index contributed by atoms with van der Waals surface area (Å²) in [5, 5.41) is 3.55. The van der Waals surface area contributed by atoms with Gasteiger partial charge in [0.2, 0.25) is 0 Å². The molecule has 1 N–H and O–H groups in total. The highest BCUT2D eigenvalue weighted by atomic mass is 16.5. The fourth-order valence-corrected chi connectivity index (χ4v) is 3.63. The van der Waals surface area contributed by atoms with Gasteiger partial charge in [-0.05, 0) is 56.2 Å². The van der Waals surface area contributed by atoms with Crippen molar-refractivity contribution < 1.29 is 9.47 Å². The summed E-state index contributed by atoms with van der Waals surface area (Å²) >= 11 is 0. The van der Waals surface area contributed by atoms with Gasteiger partial charge in [-0.1, -0.05) is 18.2 Å². The molecule has 3 rings (SSSR count). The topological polar surface area (TPSA) is 30.5 Å². The van der Waals surface area contributed by atoms with E-state index in [-0.39, 0.29) is 0 Å². The molecule has 3 nitrogen and oxygen atoms in total. The van der Waals surface area contributed by atoms with Crippen LogP contribution in [-0.2, 0) is 4.74 Å². The van der Waals surface area contributed by atoms with Gasteiger partial charge in [0.15, 0.2) is 0 Å². The number of nitrogens with one attached hydrogen (secondary N) is 1. The normalized spacial score (nSPS) is 24.8. The van der Waals surface area contributed by atoms with Crippen LogP contribution in [0.5, 0.6) is 5.75 Å². The number of para-hydroxylation sites is 1. The summed E-state index contributed by atoms with van der Waals surface area (Å²) in [7, 11) is 2.10. The lowest BCUT2D eigenvalue weighted by molar-refractivity contribution is 0.0519. The van der Waals surface area contributed by atoms with E-state index in [0.29, 0.717) is 12.0 Å². The van der Waals surface area contributed by atoms with Crippen LogP contribution in [0.25, 0.3) is 0 Å². The van der Waals surface area contributed by atoms with Gasteiger partial charge in [0.1, 0.15) is 5.75 Å². The lowest BCUT2D eigenvalue weighted by Crippen LogP contribution is -2.38. The first-order valence-electron chi connectivity index (χ1n) is 7.85. The van der Waals surface area contributed by atoms with Crippen LogP contribution in [0, 0.1) is 5.92 Å². The van der Waals surface area contributed by atoms with Crippen LogP contribution in [0.1, 0.15) is 37.2 Å². The predicted octanol–water partition coefficient (Wildman–Crippen LogP) is 2.96. The Kier molecular flexibility index (Phi) is 4.58. The largest absolute Gasteiger partial charge is 0.493 e. The van der Waals surface area contributed by atoms with Gasteiger partial charge < -0.3 is 14.8 Å². The molecule has 1 aromatic rings. The first-order chi connectivity index (χ1) is 9.88. The first kappa shape index (κ1) is 13.9. The summed E-state index contributed by atoms with van der Waals surface area (Å²) in [6.07, 6.45) is 4.73. The van der Waals surface area contributed by atoms with Gasteiger partial charge in [0, 0.05) is 19.3 Å². The van der Waals surface area contributed by atoms with E-state index in [1.807, 2.05) is 0 Å². The standard InChI is InChI=1S/C17H25NO2/c1-18-16(13-6-9-19-10-7-13)12-14-8-11-20-17-5-3-2-4-15(14)17/h2-5,13-14,16,18H,6-12H2,1H3. The van der Waals surface area contributed by atoms with E-state index in [2.05, 4.69) is 36.6 Å². The van der Waals surface area contributed by atoms with Crippen LogP contribution < -0.4 is 10.1 Å². The highest BCUT2D eigenvalue weighted by molar-refractivity contribution is 5.37. The second-order valence-electron chi connectivity index (χ2n) is 5.95. The van der Waals surface area contributed by atoms with Crippen molar-refractivity contribution in [2.45, 2.75) is 37.6 Å². The molecule has 0 radical (unpaired) electrons. The molecule has 1 saturated heterocycles. The summed E-state index contributed by atoms with van der Waals surface area (Å²) in [4.78, 5) is 0. The van der Waals surface area contributed by atoms with E-state index in [9.17, 15) is 0 Å². The second-order valence-corrected chi connectivity index (χ2v) is 5.95. The molecule has 2 heterocycles. The number of rotatable bonds is 4. The Morgan fingerprint density at radius 3 is 2.75 bits per heavy atom. The third kappa shape index (κ3) is 2.99. The minimum absolute atomic E-state index is 0.593. The van der Waals surface area contributed by atoms with Crippen LogP contribution in [0.4, 0.5) is 0 Å². The van der Waals surface area contributed by atoms with Gasteiger partial charge in [-0.15, -0.1) is 0 Å². The van der Waals surface area contributed by atoms with E-state index < -0.39 is 0 Å². The molecule has 2 aliphatic heterocycles. The van der Waals surface area contributed by atoms with Gasteiger partial charge in [-0.3, -0.25) is 0 Å². The summed E-state index contributed by atoms with van der Waals surface area (Å²) in [5.41, 5.74) is 1.39. The molecule has 0 bridgehead atoms. The van der Waals surface area contributed by atoms with Crippen molar-refractivity contribution in [2.75, 3.05) is 26.9 Å². The van der Waals surface area contributed by atoms with Crippen molar-refractivity contribution in [1.29, 1.82) is 0 Å². The molecule has 110 valence electrons. The highest BCUT2D eigenvalue weighted by Crippen LogP contribution is 2.37. The van der Waals surface area contributed by atoms with Crippen molar-refractivity contribution >= 4 is 0 Å². The molecule has 2 unspecified atom stereocenters. The van der Waals surface area contributed by atoms with Gasteiger partial charge in [0.25, 0.3) is 0 Å².